The molecule has 0 amide bonds. The van der Waals surface area contributed by atoms with Gasteiger partial charge in [-0.2, -0.15) is 0 Å². The minimum atomic E-state index is -3.82. The molecule has 0 aliphatic rings. The van der Waals surface area contributed by atoms with Crippen molar-refractivity contribution in [3.8, 4) is 0 Å². The summed E-state index contributed by atoms with van der Waals surface area (Å²) in [4.78, 5) is 17.2. The Morgan fingerprint density at radius 3 is 2.36 bits per heavy atom. The van der Waals surface area contributed by atoms with Gasteiger partial charge in [-0.05, 0) is 18.9 Å². The normalized spacial score (nSPS) is 14.9. The molecule has 4 nitrogen and oxygen atoms in total. The van der Waals surface area contributed by atoms with E-state index in [1.54, 1.807) is 0 Å². The SMILES string of the molecule is CCC(CCN)CP(=O)(O)O. The molecule has 0 saturated carbocycles. The summed E-state index contributed by atoms with van der Waals surface area (Å²) in [5, 5.41) is 0. The largest absolute Gasteiger partial charge is 0.330 e. The van der Waals surface area contributed by atoms with Gasteiger partial charge in [-0.3, -0.25) is 4.57 Å². The first-order chi connectivity index (χ1) is 4.99. The van der Waals surface area contributed by atoms with Crippen LogP contribution < -0.4 is 5.73 Å². The van der Waals surface area contributed by atoms with E-state index >= 15 is 0 Å². The van der Waals surface area contributed by atoms with E-state index in [-0.39, 0.29) is 12.1 Å². The summed E-state index contributed by atoms with van der Waals surface area (Å²) in [7, 11) is -3.82. The van der Waals surface area contributed by atoms with Crippen LogP contribution in [0.5, 0.6) is 0 Å². The van der Waals surface area contributed by atoms with Gasteiger partial charge in [-0.1, -0.05) is 13.3 Å². The number of hydrogen-bond donors (Lipinski definition) is 3. The van der Waals surface area contributed by atoms with E-state index in [1.165, 1.54) is 0 Å². The molecule has 1 atom stereocenters. The Kier molecular flexibility index (Phi) is 4.93. The molecule has 5 heteroatoms. The van der Waals surface area contributed by atoms with Gasteiger partial charge in [0.1, 0.15) is 0 Å². The average Bonchev–Trinajstić information content (AvgIpc) is 1.84. The highest BCUT2D eigenvalue weighted by Crippen LogP contribution is 2.38. The molecule has 0 spiro atoms. The summed E-state index contributed by atoms with van der Waals surface area (Å²) in [5.74, 6) is 0.0702. The van der Waals surface area contributed by atoms with Gasteiger partial charge in [0.25, 0.3) is 0 Å². The van der Waals surface area contributed by atoms with E-state index in [1.807, 2.05) is 6.92 Å². The number of hydrogen-bond acceptors (Lipinski definition) is 2. The fourth-order valence-corrected chi connectivity index (χ4v) is 2.11. The summed E-state index contributed by atoms with van der Waals surface area (Å²) < 4.78 is 10.5. The maximum atomic E-state index is 10.5. The minimum Gasteiger partial charge on any atom is -0.330 e. The molecule has 0 aromatic rings. The molecule has 0 aliphatic heterocycles. The van der Waals surface area contributed by atoms with Crippen LogP contribution in [0.1, 0.15) is 19.8 Å². The lowest BCUT2D eigenvalue weighted by atomic mass is 10.1. The van der Waals surface area contributed by atoms with E-state index in [2.05, 4.69) is 0 Å². The zero-order valence-corrected chi connectivity index (χ0v) is 7.63. The lowest BCUT2D eigenvalue weighted by molar-refractivity contribution is 0.356. The van der Waals surface area contributed by atoms with Gasteiger partial charge in [0, 0.05) is 0 Å². The molecule has 0 rings (SSSR count). The predicted octanol–water partition coefficient (Wildman–Crippen LogP) is 0.539. The zero-order chi connectivity index (χ0) is 8.91. The Bertz CT molecular complexity index is 145. The summed E-state index contributed by atoms with van der Waals surface area (Å²) in [6.07, 6.45) is 1.45. The van der Waals surface area contributed by atoms with E-state index in [4.69, 9.17) is 15.5 Å². The molecular weight excluding hydrogens is 165 g/mol. The van der Waals surface area contributed by atoms with Gasteiger partial charge < -0.3 is 15.5 Å². The van der Waals surface area contributed by atoms with Crippen molar-refractivity contribution in [3.63, 3.8) is 0 Å². The first-order valence-corrected chi connectivity index (χ1v) is 5.54. The van der Waals surface area contributed by atoms with Gasteiger partial charge in [0.2, 0.25) is 0 Å². The Morgan fingerprint density at radius 2 is 2.09 bits per heavy atom. The molecule has 4 N–H and O–H groups in total. The summed E-state index contributed by atoms with van der Waals surface area (Å²) in [5.41, 5.74) is 5.27. The summed E-state index contributed by atoms with van der Waals surface area (Å²) >= 11 is 0. The van der Waals surface area contributed by atoms with Crippen LogP contribution in [0, 0.1) is 5.92 Å². The van der Waals surface area contributed by atoms with Gasteiger partial charge in [-0.25, -0.2) is 0 Å². The molecule has 0 aromatic heterocycles. The third kappa shape index (κ3) is 6.51. The van der Waals surface area contributed by atoms with Crippen LogP contribution in [-0.4, -0.2) is 22.5 Å². The predicted molar refractivity (Wildman–Crippen MR) is 44.4 cm³/mol. The van der Waals surface area contributed by atoms with Crippen LogP contribution in [0.25, 0.3) is 0 Å². The molecule has 0 aromatic carbocycles. The van der Waals surface area contributed by atoms with Gasteiger partial charge in [0.05, 0.1) is 6.16 Å². The van der Waals surface area contributed by atoms with Crippen LogP contribution >= 0.6 is 7.60 Å². The van der Waals surface area contributed by atoms with Crippen molar-refractivity contribution in [2.24, 2.45) is 11.7 Å². The molecule has 0 bridgehead atoms. The van der Waals surface area contributed by atoms with Gasteiger partial charge in [0.15, 0.2) is 0 Å². The Hall–Kier alpha value is 0.110. The third-order valence-corrected chi connectivity index (χ3v) is 2.64. The maximum Gasteiger partial charge on any atom is 0.325 e. The van der Waals surface area contributed by atoms with Crippen LogP contribution in [0.3, 0.4) is 0 Å². The smallest absolute Gasteiger partial charge is 0.325 e. The molecule has 68 valence electrons. The van der Waals surface area contributed by atoms with Crippen molar-refractivity contribution in [2.75, 3.05) is 12.7 Å². The van der Waals surface area contributed by atoms with Crippen molar-refractivity contribution in [1.82, 2.24) is 0 Å². The summed E-state index contributed by atoms with van der Waals surface area (Å²) in [6, 6.07) is 0. The second-order valence-electron chi connectivity index (χ2n) is 2.70. The average molecular weight is 181 g/mol. The third-order valence-electron chi connectivity index (χ3n) is 1.65. The van der Waals surface area contributed by atoms with Crippen molar-refractivity contribution >= 4 is 7.60 Å². The standard InChI is InChI=1S/C6H16NO3P/c1-2-6(3-4-7)5-11(8,9)10/h6H,2-5,7H2,1H3,(H2,8,9,10). The van der Waals surface area contributed by atoms with Crippen LogP contribution in [0.15, 0.2) is 0 Å². The lowest BCUT2D eigenvalue weighted by Gasteiger charge is -2.13. The fraction of sp³-hybridized carbons (Fsp3) is 1.00. The van der Waals surface area contributed by atoms with E-state index in [9.17, 15) is 4.57 Å². The number of nitrogens with two attached hydrogens (primary N) is 1. The molecule has 0 heterocycles. The molecule has 0 fully saturated rings. The Labute approximate surface area is 67.0 Å². The zero-order valence-electron chi connectivity index (χ0n) is 6.73. The van der Waals surface area contributed by atoms with Crippen molar-refractivity contribution in [1.29, 1.82) is 0 Å². The first kappa shape index (κ1) is 11.1. The Balaban J connectivity index is 3.78. The second kappa shape index (κ2) is 4.88. The molecule has 1 unspecified atom stereocenters. The quantitative estimate of drug-likeness (QED) is 0.540. The van der Waals surface area contributed by atoms with Crippen molar-refractivity contribution in [3.05, 3.63) is 0 Å². The van der Waals surface area contributed by atoms with E-state index in [0.717, 1.165) is 6.42 Å². The van der Waals surface area contributed by atoms with Crippen molar-refractivity contribution < 1.29 is 14.4 Å². The molecular formula is C6H16NO3P. The fourth-order valence-electron chi connectivity index (χ4n) is 0.997. The number of rotatable bonds is 5. The molecule has 11 heavy (non-hydrogen) atoms. The van der Waals surface area contributed by atoms with Gasteiger partial charge >= 0.3 is 7.60 Å². The highest BCUT2D eigenvalue weighted by Gasteiger charge is 2.19. The monoisotopic (exact) mass is 181 g/mol. The highest BCUT2D eigenvalue weighted by molar-refractivity contribution is 7.51. The van der Waals surface area contributed by atoms with Crippen LogP contribution in [0.2, 0.25) is 0 Å². The molecule has 0 aliphatic carbocycles. The van der Waals surface area contributed by atoms with Crippen LogP contribution in [0.4, 0.5) is 0 Å². The van der Waals surface area contributed by atoms with E-state index in [0.29, 0.717) is 13.0 Å². The second-order valence-corrected chi connectivity index (χ2v) is 4.39. The molecule has 0 radical (unpaired) electrons. The first-order valence-electron chi connectivity index (χ1n) is 3.74. The topological polar surface area (TPSA) is 83.6 Å². The van der Waals surface area contributed by atoms with Gasteiger partial charge in [-0.15, -0.1) is 0 Å². The lowest BCUT2D eigenvalue weighted by Crippen LogP contribution is -2.11. The highest BCUT2D eigenvalue weighted by atomic mass is 31.2. The Morgan fingerprint density at radius 1 is 1.55 bits per heavy atom. The minimum absolute atomic E-state index is 0.0271. The van der Waals surface area contributed by atoms with E-state index < -0.39 is 7.60 Å². The summed E-state index contributed by atoms with van der Waals surface area (Å²) in [6.45, 7) is 2.41. The van der Waals surface area contributed by atoms with Crippen molar-refractivity contribution in [2.45, 2.75) is 19.8 Å². The maximum absolute atomic E-state index is 10.5. The molecule has 0 saturated heterocycles. The van der Waals surface area contributed by atoms with Crippen LogP contribution in [-0.2, 0) is 4.57 Å².